The van der Waals surface area contributed by atoms with E-state index in [0.29, 0.717) is 23.6 Å². The van der Waals surface area contributed by atoms with Gasteiger partial charge in [-0.15, -0.1) is 0 Å². The predicted molar refractivity (Wildman–Crippen MR) is 83.4 cm³/mol. The molecule has 0 aliphatic rings. The Hall–Kier alpha value is -2.54. The lowest BCUT2D eigenvalue weighted by Gasteiger charge is -2.07. The van der Waals surface area contributed by atoms with E-state index in [4.69, 9.17) is 20.5 Å². The van der Waals surface area contributed by atoms with Gasteiger partial charge < -0.3 is 14.3 Å². The van der Waals surface area contributed by atoms with Gasteiger partial charge in [0.15, 0.2) is 0 Å². The summed E-state index contributed by atoms with van der Waals surface area (Å²) in [5.74, 6) is 1.94. The van der Waals surface area contributed by atoms with Gasteiger partial charge in [-0.1, -0.05) is 5.16 Å². The molecule has 0 radical (unpaired) electrons. The van der Waals surface area contributed by atoms with Crippen molar-refractivity contribution in [3.63, 3.8) is 0 Å². The molecule has 0 aliphatic heterocycles. The number of furan rings is 1. The maximum atomic E-state index is 12.2. The lowest BCUT2D eigenvalue weighted by Crippen LogP contribution is -2.18. The van der Waals surface area contributed by atoms with Gasteiger partial charge in [0.2, 0.25) is 11.1 Å². The van der Waals surface area contributed by atoms with Crippen LogP contribution in [0.1, 0.15) is 22.8 Å². The Morgan fingerprint density at radius 2 is 2.17 bits per heavy atom. The fraction of sp³-hybridized carbons (Fsp3) is 0.267. The molecule has 1 amide bonds. The van der Waals surface area contributed by atoms with E-state index in [9.17, 15) is 4.79 Å². The summed E-state index contributed by atoms with van der Waals surface area (Å²) >= 11 is 5.87. The minimum absolute atomic E-state index is 0.0825. The molecule has 0 spiro atoms. The summed E-state index contributed by atoms with van der Waals surface area (Å²) in [5, 5.41) is 10.9. The maximum Gasteiger partial charge on any atom is 0.230 e. The first kappa shape index (κ1) is 15.4. The zero-order valence-electron chi connectivity index (χ0n) is 12.7. The average Bonchev–Trinajstić information content (AvgIpc) is 3.18. The van der Waals surface area contributed by atoms with E-state index >= 15 is 0 Å². The molecule has 3 aromatic rings. The van der Waals surface area contributed by atoms with Gasteiger partial charge in [-0.2, -0.15) is 5.10 Å². The van der Waals surface area contributed by atoms with E-state index in [1.54, 1.807) is 23.9 Å². The first-order chi connectivity index (χ1) is 11.0. The summed E-state index contributed by atoms with van der Waals surface area (Å²) in [4.78, 5) is 12.2. The number of nitrogens with one attached hydrogen (secondary N) is 1. The van der Waals surface area contributed by atoms with Crippen molar-refractivity contribution >= 4 is 23.3 Å². The molecule has 0 aliphatic carbocycles. The fourth-order valence-corrected chi connectivity index (χ4v) is 2.43. The first-order valence-electron chi connectivity index (χ1n) is 7.00. The van der Waals surface area contributed by atoms with Crippen molar-refractivity contribution < 1.29 is 13.7 Å². The van der Waals surface area contributed by atoms with Gasteiger partial charge in [0.05, 0.1) is 18.3 Å². The summed E-state index contributed by atoms with van der Waals surface area (Å²) in [6.45, 7) is 4.05. The second-order valence-electron chi connectivity index (χ2n) is 5.13. The second kappa shape index (κ2) is 6.29. The monoisotopic (exact) mass is 334 g/mol. The summed E-state index contributed by atoms with van der Waals surface area (Å²) in [6.07, 6.45) is 1.70. The molecule has 0 unspecified atom stereocenters. The van der Waals surface area contributed by atoms with Crippen molar-refractivity contribution in [2.75, 3.05) is 5.32 Å². The highest BCUT2D eigenvalue weighted by molar-refractivity contribution is 6.29. The van der Waals surface area contributed by atoms with E-state index in [2.05, 4.69) is 15.6 Å². The first-order valence-corrected chi connectivity index (χ1v) is 7.38. The third kappa shape index (κ3) is 3.45. The van der Waals surface area contributed by atoms with Crippen LogP contribution in [0, 0.1) is 13.8 Å². The number of rotatable bonds is 5. The van der Waals surface area contributed by atoms with E-state index in [-0.39, 0.29) is 17.5 Å². The van der Waals surface area contributed by atoms with Crippen LogP contribution < -0.4 is 5.32 Å². The quantitative estimate of drug-likeness (QED) is 0.775. The third-order valence-corrected chi connectivity index (χ3v) is 3.66. The number of nitrogens with zero attached hydrogens (tertiary/aromatic N) is 3. The summed E-state index contributed by atoms with van der Waals surface area (Å²) < 4.78 is 12.0. The van der Waals surface area contributed by atoms with Crippen molar-refractivity contribution in [2.24, 2.45) is 0 Å². The van der Waals surface area contributed by atoms with Crippen molar-refractivity contribution in [3.8, 4) is 0 Å². The number of anilines is 1. The number of aromatic nitrogens is 3. The largest absolute Gasteiger partial charge is 0.464 e. The van der Waals surface area contributed by atoms with Crippen LogP contribution in [0.4, 0.5) is 5.82 Å². The molecule has 3 aromatic heterocycles. The molecule has 8 heteroatoms. The van der Waals surface area contributed by atoms with Crippen LogP contribution >= 0.6 is 11.6 Å². The molecule has 3 heterocycles. The number of carbonyl (C=O) groups excluding carboxylic acids is 1. The summed E-state index contributed by atoms with van der Waals surface area (Å²) in [5.41, 5.74) is 1.18. The molecule has 0 fully saturated rings. The maximum absolute atomic E-state index is 12.2. The van der Waals surface area contributed by atoms with E-state index in [1.165, 1.54) is 0 Å². The Labute approximate surface area is 137 Å². The molecule has 0 bridgehead atoms. The minimum atomic E-state index is -0.226. The lowest BCUT2D eigenvalue weighted by molar-refractivity contribution is -0.115. The van der Waals surface area contributed by atoms with Crippen LogP contribution in [0.25, 0.3) is 0 Å². The number of hydrogen-bond donors (Lipinski definition) is 1. The predicted octanol–water partition coefficient (Wildman–Crippen LogP) is 2.96. The number of amides is 1. The molecule has 0 saturated carbocycles. The molecule has 23 heavy (non-hydrogen) atoms. The van der Waals surface area contributed by atoms with Gasteiger partial charge >= 0.3 is 0 Å². The smallest absolute Gasteiger partial charge is 0.230 e. The van der Waals surface area contributed by atoms with Crippen LogP contribution in [-0.2, 0) is 17.8 Å². The molecular weight excluding hydrogens is 320 g/mol. The second-order valence-corrected chi connectivity index (χ2v) is 5.47. The van der Waals surface area contributed by atoms with Gasteiger partial charge in [-0.3, -0.25) is 4.79 Å². The van der Waals surface area contributed by atoms with Crippen LogP contribution in [0.2, 0.25) is 5.22 Å². The van der Waals surface area contributed by atoms with Crippen molar-refractivity contribution in [1.82, 2.24) is 14.9 Å². The van der Waals surface area contributed by atoms with Crippen LogP contribution in [0.3, 0.4) is 0 Å². The molecule has 0 atom stereocenters. The zero-order valence-corrected chi connectivity index (χ0v) is 13.4. The lowest BCUT2D eigenvalue weighted by atomic mass is 10.2. The summed E-state index contributed by atoms with van der Waals surface area (Å²) in [6, 6.07) is 5.48. The van der Waals surface area contributed by atoms with Gasteiger partial charge in [0, 0.05) is 11.6 Å². The number of hydrogen-bond acceptors (Lipinski definition) is 5. The minimum Gasteiger partial charge on any atom is -0.464 e. The Kier molecular flexibility index (Phi) is 4.20. The third-order valence-electron chi connectivity index (χ3n) is 3.36. The van der Waals surface area contributed by atoms with Crippen LogP contribution in [-0.4, -0.2) is 20.8 Å². The standard InChI is InChI=1S/C15H15ClN4O3/c1-9-3-4-11(22-9)8-20-13(5-6-17-20)18-14(21)7-12-10(2)19-23-15(12)16/h3-6H,7-8H2,1-2H3,(H,18,21). The van der Waals surface area contributed by atoms with E-state index in [0.717, 1.165) is 11.5 Å². The highest BCUT2D eigenvalue weighted by Gasteiger charge is 2.16. The number of aryl methyl sites for hydroxylation is 2. The molecule has 0 aromatic carbocycles. The highest BCUT2D eigenvalue weighted by Crippen LogP contribution is 2.20. The SMILES string of the molecule is Cc1ccc(Cn2nccc2NC(=O)Cc2c(C)noc2Cl)o1. The Morgan fingerprint density at radius 1 is 1.35 bits per heavy atom. The Balaban J connectivity index is 1.69. The molecule has 120 valence electrons. The Morgan fingerprint density at radius 3 is 2.83 bits per heavy atom. The molecule has 3 rings (SSSR count). The zero-order chi connectivity index (χ0) is 16.4. The summed E-state index contributed by atoms with van der Waals surface area (Å²) in [7, 11) is 0. The fourth-order valence-electron chi connectivity index (χ4n) is 2.19. The van der Waals surface area contributed by atoms with Gasteiger partial charge in [-0.05, 0) is 37.6 Å². The normalized spacial score (nSPS) is 10.9. The van der Waals surface area contributed by atoms with Crippen LogP contribution in [0.5, 0.6) is 0 Å². The molecule has 1 N–H and O–H groups in total. The van der Waals surface area contributed by atoms with Crippen molar-refractivity contribution in [2.45, 2.75) is 26.8 Å². The topological polar surface area (TPSA) is 86.1 Å². The van der Waals surface area contributed by atoms with E-state index in [1.807, 2.05) is 19.1 Å². The molecular formula is C15H15ClN4O3. The highest BCUT2D eigenvalue weighted by atomic mass is 35.5. The number of carbonyl (C=O) groups is 1. The molecule has 0 saturated heterocycles. The Bertz CT molecular complexity index is 814. The van der Waals surface area contributed by atoms with Gasteiger partial charge in [0.1, 0.15) is 23.9 Å². The number of halogens is 1. The van der Waals surface area contributed by atoms with Crippen LogP contribution in [0.15, 0.2) is 33.3 Å². The van der Waals surface area contributed by atoms with Crippen molar-refractivity contribution in [1.29, 1.82) is 0 Å². The van der Waals surface area contributed by atoms with Gasteiger partial charge in [0.25, 0.3) is 0 Å². The van der Waals surface area contributed by atoms with E-state index < -0.39 is 0 Å². The average molecular weight is 335 g/mol. The molecule has 7 nitrogen and oxygen atoms in total. The van der Waals surface area contributed by atoms with Crippen molar-refractivity contribution in [3.05, 3.63) is 52.4 Å². The van der Waals surface area contributed by atoms with Gasteiger partial charge in [-0.25, -0.2) is 4.68 Å².